The molecule has 0 saturated carbocycles. The van der Waals surface area contributed by atoms with Crippen LogP contribution in [0.15, 0.2) is 36.9 Å². The summed E-state index contributed by atoms with van der Waals surface area (Å²) in [5.41, 5.74) is 1.41. The van der Waals surface area contributed by atoms with E-state index in [1.165, 1.54) is 11.9 Å². The Balaban J connectivity index is 1.64. The predicted octanol–water partition coefficient (Wildman–Crippen LogP) is 2.16. The minimum Gasteiger partial charge on any atom is -0.492 e. The maximum absolute atomic E-state index is 11.7. The number of aromatic nitrogens is 3. The number of benzene rings is 1. The molecule has 0 fully saturated rings. The summed E-state index contributed by atoms with van der Waals surface area (Å²) in [6.07, 6.45) is 3.43. The van der Waals surface area contributed by atoms with Crippen LogP contribution in [0.5, 0.6) is 5.75 Å². The minimum absolute atomic E-state index is 0.0211. The number of ether oxygens (including phenoxy) is 1. The average molecular weight is 316 g/mol. The molecule has 2 aromatic rings. The normalized spacial score (nSPS) is 11.3. The first-order chi connectivity index (χ1) is 10.9. The van der Waals surface area contributed by atoms with Crippen molar-refractivity contribution >= 4 is 5.91 Å². The second-order valence-electron chi connectivity index (χ2n) is 6.38. The van der Waals surface area contributed by atoms with Crippen LogP contribution < -0.4 is 10.1 Å². The summed E-state index contributed by atoms with van der Waals surface area (Å²) in [6, 6.07) is 8.08. The molecule has 0 aliphatic heterocycles. The van der Waals surface area contributed by atoms with Crippen molar-refractivity contribution in [2.45, 2.75) is 39.2 Å². The zero-order valence-electron chi connectivity index (χ0n) is 14.0. The maximum Gasteiger partial charge on any atom is 0.221 e. The highest BCUT2D eigenvalue weighted by molar-refractivity contribution is 5.75. The minimum atomic E-state index is -0.0211. The van der Waals surface area contributed by atoms with Crippen LogP contribution in [-0.4, -0.2) is 33.8 Å². The van der Waals surface area contributed by atoms with Gasteiger partial charge in [0.05, 0.1) is 13.1 Å². The molecule has 1 heterocycles. The third-order valence-electron chi connectivity index (χ3n) is 3.45. The summed E-state index contributed by atoms with van der Waals surface area (Å²) < 4.78 is 7.26. The fraction of sp³-hybridized carbons (Fsp3) is 0.471. The van der Waals surface area contributed by atoms with Crippen molar-refractivity contribution < 1.29 is 9.53 Å². The van der Waals surface area contributed by atoms with E-state index >= 15 is 0 Å². The number of carbonyl (C=O) groups excluding carboxylic acids is 1. The van der Waals surface area contributed by atoms with Crippen LogP contribution >= 0.6 is 0 Å². The third kappa shape index (κ3) is 5.73. The molecule has 0 atom stereocenters. The molecule has 0 aliphatic carbocycles. The molecule has 0 saturated heterocycles. The molecule has 1 aromatic heterocycles. The molecule has 0 bridgehead atoms. The molecule has 0 unspecified atom stereocenters. The summed E-state index contributed by atoms with van der Waals surface area (Å²) >= 11 is 0. The van der Waals surface area contributed by atoms with E-state index in [9.17, 15) is 4.79 Å². The van der Waals surface area contributed by atoms with Crippen LogP contribution in [0.25, 0.3) is 0 Å². The highest BCUT2D eigenvalue weighted by Crippen LogP contribution is 2.24. The van der Waals surface area contributed by atoms with Gasteiger partial charge >= 0.3 is 0 Å². The number of carbonyl (C=O) groups is 1. The Kier molecular flexibility index (Phi) is 5.73. The van der Waals surface area contributed by atoms with Crippen molar-refractivity contribution in [2.75, 3.05) is 13.2 Å². The Hall–Kier alpha value is -2.37. The first kappa shape index (κ1) is 17.0. The van der Waals surface area contributed by atoms with Crippen molar-refractivity contribution in [2.24, 2.45) is 0 Å². The number of amides is 1. The first-order valence-electron chi connectivity index (χ1n) is 7.77. The molecule has 6 nitrogen and oxygen atoms in total. The second-order valence-corrected chi connectivity index (χ2v) is 6.38. The lowest BCUT2D eigenvalue weighted by Gasteiger charge is -2.19. The molecule has 6 heteroatoms. The highest BCUT2D eigenvalue weighted by atomic mass is 16.5. The van der Waals surface area contributed by atoms with E-state index in [-0.39, 0.29) is 11.3 Å². The van der Waals surface area contributed by atoms with E-state index in [1.54, 1.807) is 11.0 Å². The molecule has 1 aromatic carbocycles. The maximum atomic E-state index is 11.7. The molecule has 0 spiro atoms. The van der Waals surface area contributed by atoms with Gasteiger partial charge in [-0.05, 0) is 23.1 Å². The van der Waals surface area contributed by atoms with Gasteiger partial charge in [-0.1, -0.05) is 32.9 Å². The van der Waals surface area contributed by atoms with Crippen LogP contribution in [0.4, 0.5) is 0 Å². The zero-order chi connectivity index (χ0) is 16.7. The number of hydrogen-bond acceptors (Lipinski definition) is 4. The van der Waals surface area contributed by atoms with Gasteiger partial charge in [0, 0.05) is 6.42 Å². The van der Waals surface area contributed by atoms with Gasteiger partial charge in [0.2, 0.25) is 5.91 Å². The lowest BCUT2D eigenvalue weighted by Crippen LogP contribution is -2.28. The summed E-state index contributed by atoms with van der Waals surface area (Å²) in [7, 11) is 0. The quantitative estimate of drug-likeness (QED) is 0.795. The highest BCUT2D eigenvalue weighted by Gasteiger charge is 2.12. The van der Waals surface area contributed by atoms with Gasteiger partial charge in [-0.25, -0.2) is 4.98 Å². The van der Waals surface area contributed by atoms with Crippen molar-refractivity contribution in [3.63, 3.8) is 0 Å². The Morgan fingerprint density at radius 1 is 1.26 bits per heavy atom. The molecule has 0 radical (unpaired) electrons. The molecule has 0 aliphatic rings. The van der Waals surface area contributed by atoms with Gasteiger partial charge in [0.25, 0.3) is 0 Å². The summed E-state index contributed by atoms with van der Waals surface area (Å²) in [5.74, 6) is 0.794. The van der Waals surface area contributed by atoms with Gasteiger partial charge in [-0.3, -0.25) is 9.48 Å². The van der Waals surface area contributed by atoms with Crippen LogP contribution in [-0.2, 0) is 16.8 Å². The molecule has 23 heavy (non-hydrogen) atoms. The molecule has 124 valence electrons. The fourth-order valence-corrected chi connectivity index (χ4v) is 2.06. The second kappa shape index (κ2) is 7.76. The Labute approximate surface area is 136 Å². The first-order valence-corrected chi connectivity index (χ1v) is 7.77. The Bertz CT molecular complexity index is 601. The third-order valence-corrected chi connectivity index (χ3v) is 3.45. The monoisotopic (exact) mass is 316 g/mol. The standard InChI is InChI=1S/C17H24N4O2/c1-17(2,3)14-4-6-15(7-5-14)23-11-9-19-16(22)8-10-21-13-18-12-20-21/h4-7,12-13H,8-11H2,1-3H3,(H,19,22). The Morgan fingerprint density at radius 2 is 2.00 bits per heavy atom. The van der Waals surface area contributed by atoms with E-state index in [1.807, 2.05) is 12.1 Å². The van der Waals surface area contributed by atoms with Gasteiger partial charge in [-0.2, -0.15) is 5.10 Å². The van der Waals surface area contributed by atoms with Crippen LogP contribution in [0.1, 0.15) is 32.8 Å². The van der Waals surface area contributed by atoms with Gasteiger partial charge in [0.1, 0.15) is 25.0 Å². The fourth-order valence-electron chi connectivity index (χ4n) is 2.06. The van der Waals surface area contributed by atoms with Crippen molar-refractivity contribution in [1.82, 2.24) is 20.1 Å². The van der Waals surface area contributed by atoms with E-state index in [0.717, 1.165) is 5.75 Å². The number of rotatable bonds is 7. The largest absolute Gasteiger partial charge is 0.492 e. The smallest absolute Gasteiger partial charge is 0.221 e. The van der Waals surface area contributed by atoms with E-state index in [4.69, 9.17) is 4.74 Å². The molecule has 1 N–H and O–H groups in total. The van der Waals surface area contributed by atoms with Gasteiger partial charge in [-0.15, -0.1) is 0 Å². The Morgan fingerprint density at radius 3 is 2.61 bits per heavy atom. The predicted molar refractivity (Wildman–Crippen MR) is 88.3 cm³/mol. The number of nitrogens with zero attached hydrogens (tertiary/aromatic N) is 3. The molecular formula is C17H24N4O2. The lowest BCUT2D eigenvalue weighted by molar-refractivity contribution is -0.121. The number of hydrogen-bond donors (Lipinski definition) is 1. The van der Waals surface area contributed by atoms with E-state index in [0.29, 0.717) is 26.1 Å². The van der Waals surface area contributed by atoms with E-state index < -0.39 is 0 Å². The topological polar surface area (TPSA) is 69.0 Å². The number of nitrogens with one attached hydrogen (secondary N) is 1. The van der Waals surface area contributed by atoms with Crippen molar-refractivity contribution in [1.29, 1.82) is 0 Å². The zero-order valence-corrected chi connectivity index (χ0v) is 14.0. The van der Waals surface area contributed by atoms with Crippen LogP contribution in [0, 0.1) is 0 Å². The van der Waals surface area contributed by atoms with Gasteiger partial charge in [0.15, 0.2) is 0 Å². The van der Waals surface area contributed by atoms with Crippen LogP contribution in [0.3, 0.4) is 0 Å². The SMILES string of the molecule is CC(C)(C)c1ccc(OCCNC(=O)CCn2cncn2)cc1. The summed E-state index contributed by atoms with van der Waals surface area (Å²) in [5, 5.41) is 6.77. The molecular weight excluding hydrogens is 292 g/mol. The average Bonchev–Trinajstić information content (AvgIpc) is 3.02. The summed E-state index contributed by atoms with van der Waals surface area (Å²) in [6.45, 7) is 8.00. The van der Waals surface area contributed by atoms with E-state index in [2.05, 4.69) is 48.3 Å². The molecule has 1 amide bonds. The lowest BCUT2D eigenvalue weighted by atomic mass is 9.87. The van der Waals surface area contributed by atoms with Crippen LogP contribution in [0.2, 0.25) is 0 Å². The number of aryl methyl sites for hydroxylation is 1. The van der Waals surface area contributed by atoms with Crippen molar-refractivity contribution in [3.8, 4) is 5.75 Å². The van der Waals surface area contributed by atoms with Gasteiger partial charge < -0.3 is 10.1 Å². The molecule has 2 rings (SSSR count). The van der Waals surface area contributed by atoms with Crippen molar-refractivity contribution in [3.05, 3.63) is 42.5 Å². The summed E-state index contributed by atoms with van der Waals surface area (Å²) in [4.78, 5) is 15.5.